The maximum Gasteiger partial charge on any atom is 0.269 e. The van der Waals surface area contributed by atoms with Crippen molar-refractivity contribution < 1.29 is 13.2 Å². The lowest BCUT2D eigenvalue weighted by Gasteiger charge is -2.12. The highest BCUT2D eigenvalue weighted by Crippen LogP contribution is 2.20. The first-order valence-corrected chi connectivity index (χ1v) is 8.84. The number of hydrogen-bond acceptors (Lipinski definition) is 6. The third kappa shape index (κ3) is 4.33. The van der Waals surface area contributed by atoms with Crippen LogP contribution in [0.2, 0.25) is 0 Å². The first-order valence-electron chi connectivity index (χ1n) is 6.54. The zero-order valence-electron chi connectivity index (χ0n) is 12.1. The van der Waals surface area contributed by atoms with E-state index in [1.54, 1.807) is 0 Å². The number of rotatable bonds is 6. The number of aromatic nitrogens is 2. The van der Waals surface area contributed by atoms with Crippen LogP contribution in [-0.4, -0.2) is 31.1 Å². The van der Waals surface area contributed by atoms with Crippen molar-refractivity contribution in [3.05, 3.63) is 35.9 Å². The summed E-state index contributed by atoms with van der Waals surface area (Å²) in [5.41, 5.74) is 1.04. The Morgan fingerprint density at radius 1 is 1.27 bits per heavy atom. The Kier molecular flexibility index (Phi) is 5.22. The number of nitrogens with zero attached hydrogens (tertiary/aromatic N) is 2. The Labute approximate surface area is 132 Å². The fraction of sp³-hybridized carbons (Fsp3) is 0.308. The van der Waals surface area contributed by atoms with Gasteiger partial charge in [-0.1, -0.05) is 48.6 Å². The van der Waals surface area contributed by atoms with Gasteiger partial charge in [0, 0.05) is 13.5 Å². The summed E-state index contributed by atoms with van der Waals surface area (Å²) in [5.74, 6) is -0.301. The molecule has 0 radical (unpaired) electrons. The van der Waals surface area contributed by atoms with Gasteiger partial charge >= 0.3 is 0 Å². The minimum Gasteiger partial charge on any atom is -0.301 e. The average molecular weight is 340 g/mol. The highest BCUT2D eigenvalue weighted by Gasteiger charge is 2.21. The third-order valence-electron chi connectivity index (χ3n) is 2.87. The molecule has 0 unspecified atom stereocenters. The molecule has 22 heavy (non-hydrogen) atoms. The standard InChI is InChI=1S/C13H16N4O3S2/c1-9(11-6-4-3-5-7-11)8-14-22(19,20)13-17-16-12(21-13)15-10(2)18/h3-7,9,14H,8H2,1-2H3,(H,15,16,18)/t9-/m1/s1. The van der Waals surface area contributed by atoms with E-state index in [9.17, 15) is 13.2 Å². The first-order chi connectivity index (χ1) is 10.4. The number of nitrogens with one attached hydrogen (secondary N) is 2. The molecule has 0 aliphatic carbocycles. The quantitative estimate of drug-likeness (QED) is 0.778. The highest BCUT2D eigenvalue weighted by atomic mass is 32.2. The van der Waals surface area contributed by atoms with E-state index in [1.165, 1.54) is 6.92 Å². The van der Waals surface area contributed by atoms with Crippen molar-refractivity contribution in [3.63, 3.8) is 0 Å². The normalized spacial score (nSPS) is 12.8. The summed E-state index contributed by atoms with van der Waals surface area (Å²) in [6.45, 7) is 3.50. The van der Waals surface area contributed by atoms with Gasteiger partial charge in [-0.3, -0.25) is 4.79 Å². The van der Waals surface area contributed by atoms with Crippen molar-refractivity contribution in [3.8, 4) is 0 Å². The lowest BCUT2D eigenvalue weighted by atomic mass is 10.0. The van der Waals surface area contributed by atoms with E-state index in [0.717, 1.165) is 16.9 Å². The van der Waals surface area contributed by atoms with E-state index >= 15 is 0 Å². The van der Waals surface area contributed by atoms with E-state index in [-0.39, 0.29) is 27.8 Å². The summed E-state index contributed by atoms with van der Waals surface area (Å²) in [5, 5.41) is 9.78. The van der Waals surface area contributed by atoms with E-state index in [1.807, 2.05) is 37.3 Å². The van der Waals surface area contributed by atoms with Crippen molar-refractivity contribution in [1.82, 2.24) is 14.9 Å². The molecule has 0 saturated heterocycles. The summed E-state index contributed by atoms with van der Waals surface area (Å²) >= 11 is 0.811. The molecule has 2 N–H and O–H groups in total. The molecule has 0 fully saturated rings. The smallest absolute Gasteiger partial charge is 0.269 e. The molecule has 1 aromatic heterocycles. The Morgan fingerprint density at radius 3 is 2.59 bits per heavy atom. The van der Waals surface area contributed by atoms with E-state index in [0.29, 0.717) is 0 Å². The van der Waals surface area contributed by atoms with Gasteiger partial charge in [-0.15, -0.1) is 10.2 Å². The molecule has 0 aliphatic heterocycles. The largest absolute Gasteiger partial charge is 0.301 e. The van der Waals surface area contributed by atoms with Gasteiger partial charge < -0.3 is 5.32 Å². The number of carbonyl (C=O) groups is 1. The average Bonchev–Trinajstić information content (AvgIpc) is 2.94. The maximum absolute atomic E-state index is 12.2. The van der Waals surface area contributed by atoms with Crippen LogP contribution in [0.15, 0.2) is 34.7 Å². The van der Waals surface area contributed by atoms with E-state index in [4.69, 9.17) is 0 Å². The number of amides is 1. The Hall–Kier alpha value is -1.84. The van der Waals surface area contributed by atoms with Gasteiger partial charge in [0.25, 0.3) is 10.0 Å². The van der Waals surface area contributed by atoms with Crippen LogP contribution in [-0.2, 0) is 14.8 Å². The minimum absolute atomic E-state index is 0.0266. The Balaban J connectivity index is 2.02. The Morgan fingerprint density at radius 2 is 1.95 bits per heavy atom. The molecule has 2 aromatic rings. The fourth-order valence-corrected chi connectivity index (χ4v) is 3.83. The first kappa shape index (κ1) is 16.5. The summed E-state index contributed by atoms with van der Waals surface area (Å²) < 4.78 is 26.6. The third-order valence-corrected chi connectivity index (χ3v) is 5.50. The number of carbonyl (C=O) groups excluding carboxylic acids is 1. The van der Waals surface area contributed by atoms with Crippen LogP contribution in [0.1, 0.15) is 25.3 Å². The van der Waals surface area contributed by atoms with Crippen LogP contribution >= 0.6 is 11.3 Å². The maximum atomic E-state index is 12.2. The lowest BCUT2D eigenvalue weighted by Crippen LogP contribution is -2.27. The predicted octanol–water partition coefficient (Wildman–Crippen LogP) is 1.58. The molecule has 118 valence electrons. The number of sulfonamides is 1. The zero-order chi connectivity index (χ0) is 16.2. The minimum atomic E-state index is -3.73. The molecule has 0 aliphatic rings. The lowest BCUT2D eigenvalue weighted by molar-refractivity contribution is -0.114. The van der Waals surface area contributed by atoms with Crippen LogP contribution in [0, 0.1) is 0 Å². The van der Waals surface area contributed by atoms with Gasteiger partial charge in [-0.05, 0) is 11.5 Å². The molecule has 2 rings (SSSR count). The molecule has 1 heterocycles. The van der Waals surface area contributed by atoms with Gasteiger partial charge in [-0.2, -0.15) is 0 Å². The van der Waals surface area contributed by atoms with Gasteiger partial charge in [0.1, 0.15) is 0 Å². The molecular weight excluding hydrogens is 324 g/mol. The van der Waals surface area contributed by atoms with Gasteiger partial charge in [-0.25, -0.2) is 13.1 Å². The molecule has 1 aromatic carbocycles. The van der Waals surface area contributed by atoms with Crippen LogP contribution in [0.3, 0.4) is 0 Å². The molecule has 7 nitrogen and oxygen atoms in total. The molecule has 1 amide bonds. The molecular formula is C13H16N4O3S2. The second-order valence-corrected chi connectivity index (χ2v) is 7.64. The van der Waals surface area contributed by atoms with Crippen LogP contribution in [0.5, 0.6) is 0 Å². The monoisotopic (exact) mass is 340 g/mol. The predicted molar refractivity (Wildman–Crippen MR) is 84.3 cm³/mol. The van der Waals surface area contributed by atoms with Crippen molar-refractivity contribution in [2.45, 2.75) is 24.1 Å². The second kappa shape index (κ2) is 6.95. The van der Waals surface area contributed by atoms with Gasteiger partial charge in [0.15, 0.2) is 0 Å². The molecule has 0 saturated carbocycles. The number of benzene rings is 1. The van der Waals surface area contributed by atoms with Crippen molar-refractivity contribution in [2.24, 2.45) is 0 Å². The molecule has 0 bridgehead atoms. The number of hydrogen-bond donors (Lipinski definition) is 2. The van der Waals surface area contributed by atoms with Crippen molar-refractivity contribution >= 4 is 32.4 Å². The molecule has 1 atom stereocenters. The van der Waals surface area contributed by atoms with Crippen molar-refractivity contribution in [2.75, 3.05) is 11.9 Å². The van der Waals surface area contributed by atoms with Gasteiger partial charge in [0.2, 0.25) is 15.4 Å². The highest BCUT2D eigenvalue weighted by molar-refractivity contribution is 7.91. The van der Waals surface area contributed by atoms with E-state index in [2.05, 4.69) is 20.2 Å². The SMILES string of the molecule is CC(=O)Nc1nnc(S(=O)(=O)NC[C@@H](C)c2ccccc2)s1. The number of anilines is 1. The molecule has 9 heteroatoms. The molecule has 0 spiro atoms. The van der Waals surface area contributed by atoms with Crippen LogP contribution in [0.25, 0.3) is 0 Å². The van der Waals surface area contributed by atoms with Gasteiger partial charge in [0.05, 0.1) is 0 Å². The summed E-state index contributed by atoms with van der Waals surface area (Å²) in [6.07, 6.45) is 0. The van der Waals surface area contributed by atoms with Crippen LogP contribution in [0.4, 0.5) is 5.13 Å². The topological polar surface area (TPSA) is 101 Å². The fourth-order valence-electron chi connectivity index (χ4n) is 1.72. The van der Waals surface area contributed by atoms with Crippen molar-refractivity contribution in [1.29, 1.82) is 0 Å². The second-order valence-electron chi connectivity index (χ2n) is 4.72. The summed E-state index contributed by atoms with van der Waals surface area (Å²) in [7, 11) is -3.73. The van der Waals surface area contributed by atoms with E-state index < -0.39 is 10.0 Å². The zero-order valence-corrected chi connectivity index (χ0v) is 13.7. The Bertz CT molecular complexity index is 744. The summed E-state index contributed by atoms with van der Waals surface area (Å²) in [6, 6.07) is 9.61. The van der Waals surface area contributed by atoms with Crippen LogP contribution < -0.4 is 10.0 Å². The summed E-state index contributed by atoms with van der Waals surface area (Å²) in [4.78, 5) is 10.9.